The van der Waals surface area contributed by atoms with Crippen molar-refractivity contribution in [1.82, 2.24) is 9.80 Å². The van der Waals surface area contributed by atoms with Crippen molar-refractivity contribution in [2.24, 2.45) is 15.9 Å². The fourth-order valence-electron chi connectivity index (χ4n) is 3.94. The van der Waals surface area contributed by atoms with Gasteiger partial charge in [-0.15, -0.1) is 0 Å². The third-order valence-electron chi connectivity index (χ3n) is 5.73. The highest BCUT2D eigenvalue weighted by molar-refractivity contribution is 6.30. The number of nitrogens with zero attached hydrogens (tertiary/aromatic N) is 4. The third kappa shape index (κ3) is 4.28. The number of likely N-dealkylation sites (tertiary alicyclic amines) is 1. The van der Waals surface area contributed by atoms with Crippen molar-refractivity contribution in [2.75, 3.05) is 19.8 Å². The molecule has 0 radical (unpaired) electrons. The molecule has 2 atom stereocenters. The maximum atomic E-state index is 13.2. The van der Waals surface area contributed by atoms with Crippen LogP contribution < -0.4 is 0 Å². The predicted octanol–water partition coefficient (Wildman–Crippen LogP) is 3.87. The molecule has 2 aromatic carbocycles. The summed E-state index contributed by atoms with van der Waals surface area (Å²) in [6.45, 7) is 4.55. The monoisotopic (exact) mass is 414 g/mol. The van der Waals surface area contributed by atoms with Gasteiger partial charge >= 0.3 is 0 Å². The number of aliphatic hydroxyl groups is 1. The number of halogens is 2. The van der Waals surface area contributed by atoms with E-state index in [4.69, 9.17) is 11.6 Å². The highest BCUT2D eigenvalue weighted by Gasteiger charge is 2.41. The fraction of sp³-hybridized carbons (Fsp3) is 0.364. The number of hydrogen-bond donors (Lipinski definition) is 1. The van der Waals surface area contributed by atoms with Gasteiger partial charge in [-0.2, -0.15) is 0 Å². The zero-order valence-electron chi connectivity index (χ0n) is 16.3. The van der Waals surface area contributed by atoms with Crippen molar-refractivity contribution in [2.45, 2.75) is 25.5 Å². The van der Waals surface area contributed by atoms with Gasteiger partial charge in [0, 0.05) is 30.6 Å². The van der Waals surface area contributed by atoms with Gasteiger partial charge < -0.3 is 14.9 Å². The molecule has 0 spiro atoms. The molecule has 2 heterocycles. The van der Waals surface area contributed by atoms with E-state index >= 15 is 0 Å². The number of piperidine rings is 1. The minimum absolute atomic E-state index is 0.0355. The first kappa shape index (κ1) is 19.9. The minimum atomic E-state index is -0.968. The van der Waals surface area contributed by atoms with Crippen molar-refractivity contribution < 1.29 is 9.50 Å². The quantitative estimate of drug-likeness (QED) is 0.829. The van der Waals surface area contributed by atoms with Gasteiger partial charge in [-0.05, 0) is 41.8 Å². The van der Waals surface area contributed by atoms with E-state index in [2.05, 4.69) is 14.9 Å². The lowest BCUT2D eigenvalue weighted by molar-refractivity contribution is -0.0583. The van der Waals surface area contributed by atoms with Crippen LogP contribution >= 0.6 is 11.6 Å². The summed E-state index contributed by atoms with van der Waals surface area (Å²) in [6.07, 6.45) is 2.37. The highest BCUT2D eigenvalue weighted by atomic mass is 35.5. The molecule has 0 bridgehead atoms. The Balaban J connectivity index is 1.37. The molecule has 1 fully saturated rings. The molecule has 2 aliphatic rings. The van der Waals surface area contributed by atoms with Gasteiger partial charge in [0.2, 0.25) is 5.96 Å². The second-order valence-corrected chi connectivity index (χ2v) is 8.18. The van der Waals surface area contributed by atoms with Gasteiger partial charge in [0.25, 0.3) is 0 Å². The predicted molar refractivity (Wildman–Crippen MR) is 113 cm³/mol. The van der Waals surface area contributed by atoms with Crippen LogP contribution in [0.3, 0.4) is 0 Å². The molecule has 1 N–H and O–H groups in total. The molecule has 29 heavy (non-hydrogen) atoms. The topological polar surface area (TPSA) is 51.4 Å². The highest BCUT2D eigenvalue weighted by Crippen LogP contribution is 2.37. The number of aliphatic imine (C=N–C) groups is 2. The van der Waals surface area contributed by atoms with Crippen molar-refractivity contribution in [3.63, 3.8) is 0 Å². The molecule has 0 amide bonds. The molecule has 152 valence electrons. The van der Waals surface area contributed by atoms with Crippen LogP contribution in [0.4, 0.5) is 4.39 Å². The average molecular weight is 415 g/mol. The van der Waals surface area contributed by atoms with Gasteiger partial charge in [0.1, 0.15) is 12.5 Å². The second-order valence-electron chi connectivity index (χ2n) is 7.75. The maximum absolute atomic E-state index is 13.2. The van der Waals surface area contributed by atoms with E-state index in [0.29, 0.717) is 32.1 Å². The lowest BCUT2D eigenvalue weighted by Gasteiger charge is -2.44. The summed E-state index contributed by atoms with van der Waals surface area (Å²) in [5.74, 6) is 0.369. The molecule has 0 aliphatic carbocycles. The van der Waals surface area contributed by atoms with Crippen LogP contribution in [0.5, 0.6) is 0 Å². The SMILES string of the molecule is CC1CN(C2=NCN(Cc3ccc(Cl)cc3)C=N2)CCC1(O)c1ccc(F)cc1. The molecule has 2 aliphatic heterocycles. The first-order valence-electron chi connectivity index (χ1n) is 9.74. The smallest absolute Gasteiger partial charge is 0.223 e. The number of benzene rings is 2. The average Bonchev–Trinajstić information content (AvgIpc) is 2.73. The lowest BCUT2D eigenvalue weighted by Crippen LogP contribution is -2.51. The van der Waals surface area contributed by atoms with E-state index in [1.807, 2.05) is 42.4 Å². The molecule has 7 heteroatoms. The molecule has 4 rings (SSSR count). The Morgan fingerprint density at radius 1 is 1.17 bits per heavy atom. The van der Waals surface area contributed by atoms with Gasteiger partial charge in [0.05, 0.1) is 11.9 Å². The number of hydrogen-bond acceptors (Lipinski definition) is 5. The summed E-state index contributed by atoms with van der Waals surface area (Å²) in [7, 11) is 0. The normalized spacial score (nSPS) is 24.6. The molecule has 2 aromatic rings. The molecule has 0 aromatic heterocycles. The Hall–Kier alpha value is -2.44. The van der Waals surface area contributed by atoms with Crippen LogP contribution in [0.15, 0.2) is 58.5 Å². The minimum Gasteiger partial charge on any atom is -0.385 e. The second kappa shape index (κ2) is 8.13. The molecule has 0 saturated carbocycles. The molecule has 5 nitrogen and oxygen atoms in total. The Kier molecular flexibility index (Phi) is 5.56. The standard InChI is InChI=1S/C22H24ClFN4O/c1-16-12-28(11-10-22(16,29)18-4-8-20(24)9-5-18)21-25-14-27(15-26-21)13-17-2-6-19(23)7-3-17/h2-9,14,16,29H,10-13,15H2,1H3. The number of guanidine groups is 1. The zero-order valence-corrected chi connectivity index (χ0v) is 17.1. The molecule has 1 saturated heterocycles. The van der Waals surface area contributed by atoms with Crippen LogP contribution in [0, 0.1) is 11.7 Å². The van der Waals surface area contributed by atoms with Gasteiger partial charge in [-0.1, -0.05) is 42.8 Å². The largest absolute Gasteiger partial charge is 0.385 e. The first-order chi connectivity index (χ1) is 13.9. The lowest BCUT2D eigenvalue weighted by atomic mass is 9.77. The van der Waals surface area contributed by atoms with Gasteiger partial charge in [-0.3, -0.25) is 0 Å². The molecule has 2 unspecified atom stereocenters. The van der Waals surface area contributed by atoms with Crippen molar-refractivity contribution in [3.05, 3.63) is 70.5 Å². The summed E-state index contributed by atoms with van der Waals surface area (Å²) in [4.78, 5) is 13.3. The van der Waals surface area contributed by atoms with E-state index in [1.165, 1.54) is 12.1 Å². The van der Waals surface area contributed by atoms with E-state index in [-0.39, 0.29) is 11.7 Å². The summed E-state index contributed by atoms with van der Waals surface area (Å²) in [5, 5.41) is 11.9. The molecular formula is C22H24ClFN4O. The zero-order chi connectivity index (χ0) is 20.4. The van der Waals surface area contributed by atoms with Crippen molar-refractivity contribution in [3.8, 4) is 0 Å². The summed E-state index contributed by atoms with van der Waals surface area (Å²) in [6, 6.07) is 13.9. The fourth-order valence-corrected chi connectivity index (χ4v) is 4.06. The van der Waals surface area contributed by atoms with Crippen LogP contribution in [-0.4, -0.2) is 47.0 Å². The van der Waals surface area contributed by atoms with Crippen LogP contribution in [-0.2, 0) is 12.1 Å². The Bertz CT molecular complexity index is 915. The Morgan fingerprint density at radius 3 is 2.52 bits per heavy atom. The third-order valence-corrected chi connectivity index (χ3v) is 5.98. The summed E-state index contributed by atoms with van der Waals surface area (Å²) in [5.41, 5.74) is 0.939. The maximum Gasteiger partial charge on any atom is 0.223 e. The van der Waals surface area contributed by atoms with Crippen LogP contribution in [0.1, 0.15) is 24.5 Å². The van der Waals surface area contributed by atoms with E-state index in [0.717, 1.165) is 22.7 Å². The van der Waals surface area contributed by atoms with Crippen molar-refractivity contribution >= 4 is 23.9 Å². The summed E-state index contributed by atoms with van der Waals surface area (Å²) < 4.78 is 13.2. The Labute approximate surface area is 175 Å². The molecular weight excluding hydrogens is 391 g/mol. The van der Waals surface area contributed by atoms with Gasteiger partial charge in [-0.25, -0.2) is 14.4 Å². The van der Waals surface area contributed by atoms with E-state index in [9.17, 15) is 9.50 Å². The van der Waals surface area contributed by atoms with Gasteiger partial charge in [0.15, 0.2) is 0 Å². The van der Waals surface area contributed by atoms with E-state index in [1.54, 1.807) is 12.1 Å². The first-order valence-corrected chi connectivity index (χ1v) is 10.1. The van der Waals surface area contributed by atoms with Crippen LogP contribution in [0.25, 0.3) is 0 Å². The summed E-state index contributed by atoms with van der Waals surface area (Å²) >= 11 is 5.94. The Morgan fingerprint density at radius 2 is 1.90 bits per heavy atom. The van der Waals surface area contributed by atoms with Crippen LogP contribution in [0.2, 0.25) is 5.02 Å². The van der Waals surface area contributed by atoms with Crippen molar-refractivity contribution in [1.29, 1.82) is 0 Å². The van der Waals surface area contributed by atoms with E-state index < -0.39 is 5.60 Å². The number of rotatable bonds is 3.